The molecule has 0 aliphatic rings. The lowest BCUT2D eigenvalue weighted by Gasteiger charge is -2.13. The first kappa shape index (κ1) is 16.2. The fourth-order valence-electron chi connectivity index (χ4n) is 2.16. The number of hydrogen-bond acceptors (Lipinski definition) is 6. The summed E-state index contributed by atoms with van der Waals surface area (Å²) in [6.45, 7) is 3.33. The van der Waals surface area contributed by atoms with Crippen LogP contribution in [0.2, 0.25) is 0 Å². The van der Waals surface area contributed by atoms with E-state index in [1.54, 1.807) is 18.2 Å². The number of carbonyl (C=O) groups is 1. The first-order valence-corrected chi connectivity index (χ1v) is 6.74. The summed E-state index contributed by atoms with van der Waals surface area (Å²) in [5.41, 5.74) is 2.01. The SMILES string of the molecule is C=NOc1cccc(C(=NOC)C(=O)OC)c1-c1ccccc1. The van der Waals surface area contributed by atoms with Crippen molar-refractivity contribution in [2.45, 2.75) is 0 Å². The van der Waals surface area contributed by atoms with Crippen molar-refractivity contribution in [3.63, 3.8) is 0 Å². The molecule has 0 fully saturated rings. The third kappa shape index (κ3) is 3.55. The maximum atomic E-state index is 12.0. The van der Waals surface area contributed by atoms with Crippen LogP contribution < -0.4 is 4.84 Å². The van der Waals surface area contributed by atoms with Crippen LogP contribution in [-0.2, 0) is 14.4 Å². The molecule has 0 aliphatic carbocycles. The minimum absolute atomic E-state index is 0.0309. The van der Waals surface area contributed by atoms with Crippen LogP contribution in [0.4, 0.5) is 0 Å². The summed E-state index contributed by atoms with van der Waals surface area (Å²) in [5, 5.41) is 7.26. The van der Waals surface area contributed by atoms with Gasteiger partial charge >= 0.3 is 5.97 Å². The maximum Gasteiger partial charge on any atom is 0.360 e. The van der Waals surface area contributed by atoms with Crippen LogP contribution in [0.25, 0.3) is 11.1 Å². The molecule has 23 heavy (non-hydrogen) atoms. The molecular weight excluding hydrogens is 296 g/mol. The third-order valence-electron chi connectivity index (χ3n) is 3.07. The largest absolute Gasteiger partial charge is 0.464 e. The van der Waals surface area contributed by atoms with Crippen molar-refractivity contribution >= 4 is 18.4 Å². The lowest BCUT2D eigenvalue weighted by atomic mass is 9.95. The second-order valence-corrected chi connectivity index (χ2v) is 4.38. The Kier molecular flexibility index (Phi) is 5.46. The zero-order valence-electron chi connectivity index (χ0n) is 12.9. The lowest BCUT2D eigenvalue weighted by molar-refractivity contribution is -0.132. The number of oxime groups is 2. The summed E-state index contributed by atoms with van der Waals surface area (Å²) < 4.78 is 4.78. The molecule has 2 rings (SSSR count). The van der Waals surface area contributed by atoms with Gasteiger partial charge < -0.3 is 14.4 Å². The smallest absolute Gasteiger partial charge is 0.360 e. The lowest BCUT2D eigenvalue weighted by Crippen LogP contribution is -2.18. The molecule has 0 saturated carbocycles. The Labute approximate surface area is 134 Å². The van der Waals surface area contributed by atoms with E-state index >= 15 is 0 Å². The molecule has 2 aromatic rings. The van der Waals surface area contributed by atoms with E-state index in [0.717, 1.165) is 5.56 Å². The predicted molar refractivity (Wildman–Crippen MR) is 87.6 cm³/mol. The molecule has 0 saturated heterocycles. The number of rotatable bonds is 6. The minimum Gasteiger partial charge on any atom is -0.464 e. The maximum absolute atomic E-state index is 12.0. The molecule has 0 N–H and O–H groups in total. The van der Waals surface area contributed by atoms with Crippen LogP contribution in [0.1, 0.15) is 5.56 Å². The third-order valence-corrected chi connectivity index (χ3v) is 3.07. The highest BCUT2D eigenvalue weighted by Crippen LogP contribution is 2.34. The summed E-state index contributed by atoms with van der Waals surface area (Å²) in [6, 6.07) is 14.6. The van der Waals surface area contributed by atoms with Crippen LogP contribution in [-0.4, -0.2) is 32.6 Å². The second-order valence-electron chi connectivity index (χ2n) is 4.38. The molecular formula is C17H16N2O4. The molecule has 0 heterocycles. The summed E-state index contributed by atoms with van der Waals surface area (Å²) in [4.78, 5) is 22.1. The van der Waals surface area contributed by atoms with E-state index in [1.807, 2.05) is 30.3 Å². The topological polar surface area (TPSA) is 69.5 Å². The van der Waals surface area contributed by atoms with Crippen LogP contribution >= 0.6 is 0 Å². The molecule has 6 heteroatoms. The quantitative estimate of drug-likeness (QED) is 0.467. The van der Waals surface area contributed by atoms with Crippen LogP contribution in [0.15, 0.2) is 58.8 Å². The summed E-state index contributed by atoms with van der Waals surface area (Å²) in [5.74, 6) is -0.177. The molecule has 0 radical (unpaired) electrons. The van der Waals surface area contributed by atoms with E-state index in [-0.39, 0.29) is 5.71 Å². The van der Waals surface area contributed by atoms with E-state index in [0.29, 0.717) is 16.9 Å². The molecule has 0 bridgehead atoms. The highest BCUT2D eigenvalue weighted by atomic mass is 16.6. The van der Waals surface area contributed by atoms with Crippen molar-refractivity contribution < 1.29 is 19.2 Å². The van der Waals surface area contributed by atoms with Gasteiger partial charge in [-0.3, -0.25) is 0 Å². The van der Waals surface area contributed by atoms with Gasteiger partial charge in [-0.1, -0.05) is 52.8 Å². The highest BCUT2D eigenvalue weighted by Gasteiger charge is 2.23. The summed E-state index contributed by atoms with van der Waals surface area (Å²) in [6.07, 6.45) is 0. The van der Waals surface area contributed by atoms with Crippen LogP contribution in [0, 0.1) is 0 Å². The fraction of sp³-hybridized carbons (Fsp3) is 0.118. The van der Waals surface area contributed by atoms with Crippen LogP contribution in [0.3, 0.4) is 0 Å². The van der Waals surface area contributed by atoms with Gasteiger partial charge in [-0.2, -0.15) is 0 Å². The zero-order valence-corrected chi connectivity index (χ0v) is 12.9. The first-order valence-electron chi connectivity index (χ1n) is 6.74. The normalized spacial score (nSPS) is 10.8. The fourth-order valence-corrected chi connectivity index (χ4v) is 2.16. The molecule has 0 unspecified atom stereocenters. The first-order chi connectivity index (χ1) is 11.2. The Hall–Kier alpha value is -3.15. The van der Waals surface area contributed by atoms with Gasteiger partial charge in [-0.25, -0.2) is 4.79 Å². The number of esters is 1. The Morgan fingerprint density at radius 3 is 2.39 bits per heavy atom. The van der Waals surface area contributed by atoms with Crippen LogP contribution in [0.5, 0.6) is 5.75 Å². The van der Waals surface area contributed by atoms with Crippen molar-refractivity contribution in [1.29, 1.82) is 0 Å². The minimum atomic E-state index is -0.618. The van der Waals surface area contributed by atoms with Gasteiger partial charge in [0.15, 0.2) is 11.5 Å². The Balaban J connectivity index is 2.72. The van der Waals surface area contributed by atoms with E-state index in [2.05, 4.69) is 17.0 Å². The molecule has 6 nitrogen and oxygen atoms in total. The summed E-state index contributed by atoms with van der Waals surface area (Å²) in [7, 11) is 2.64. The van der Waals surface area contributed by atoms with Gasteiger partial charge in [-0.15, -0.1) is 0 Å². The highest BCUT2D eigenvalue weighted by molar-refractivity contribution is 6.44. The average molecular weight is 312 g/mol. The monoisotopic (exact) mass is 312 g/mol. The Morgan fingerprint density at radius 1 is 1.04 bits per heavy atom. The number of carbonyl (C=O) groups excluding carboxylic acids is 1. The standard InChI is InChI=1S/C17H16N2O4/c1-18-23-14-11-7-10-13(16(19-22-3)17(20)21-2)15(14)12-8-5-4-6-9-12/h4-11H,1H2,2-3H3. The predicted octanol–water partition coefficient (Wildman–Crippen LogP) is 2.87. The van der Waals surface area contributed by atoms with Crippen molar-refractivity contribution in [3.8, 4) is 16.9 Å². The van der Waals surface area contributed by atoms with Gasteiger partial charge in [0, 0.05) is 17.8 Å². The second kappa shape index (κ2) is 7.74. The number of nitrogens with zero attached hydrogens (tertiary/aromatic N) is 2. The van der Waals surface area contributed by atoms with E-state index in [1.165, 1.54) is 14.2 Å². The molecule has 0 spiro atoms. The molecule has 0 aliphatic heterocycles. The van der Waals surface area contributed by atoms with E-state index in [4.69, 9.17) is 14.4 Å². The van der Waals surface area contributed by atoms with E-state index in [9.17, 15) is 4.79 Å². The average Bonchev–Trinajstić information content (AvgIpc) is 2.60. The molecule has 118 valence electrons. The zero-order chi connectivity index (χ0) is 16.7. The molecule has 0 aromatic heterocycles. The Bertz CT molecular complexity index is 727. The van der Waals surface area contributed by atoms with Gasteiger partial charge in [0.2, 0.25) is 0 Å². The van der Waals surface area contributed by atoms with Gasteiger partial charge in [0.1, 0.15) is 7.11 Å². The number of hydrogen-bond donors (Lipinski definition) is 0. The van der Waals surface area contributed by atoms with Gasteiger partial charge in [0.05, 0.1) is 7.11 Å². The Morgan fingerprint density at radius 2 is 1.78 bits per heavy atom. The summed E-state index contributed by atoms with van der Waals surface area (Å²) >= 11 is 0. The molecule has 0 amide bonds. The number of ether oxygens (including phenoxy) is 1. The van der Waals surface area contributed by atoms with Crippen molar-refractivity contribution in [1.82, 2.24) is 0 Å². The van der Waals surface area contributed by atoms with E-state index < -0.39 is 5.97 Å². The molecule has 0 atom stereocenters. The number of benzene rings is 2. The number of methoxy groups -OCH3 is 1. The van der Waals surface area contributed by atoms with Crippen molar-refractivity contribution in [2.24, 2.45) is 10.3 Å². The van der Waals surface area contributed by atoms with Crippen molar-refractivity contribution in [3.05, 3.63) is 54.1 Å². The van der Waals surface area contributed by atoms with Gasteiger partial charge in [0.25, 0.3) is 0 Å². The van der Waals surface area contributed by atoms with Gasteiger partial charge in [-0.05, 0) is 11.6 Å². The van der Waals surface area contributed by atoms with Crippen molar-refractivity contribution in [2.75, 3.05) is 14.2 Å². The molecule has 2 aromatic carbocycles.